The van der Waals surface area contributed by atoms with Crippen LogP contribution in [-0.2, 0) is 9.59 Å². The van der Waals surface area contributed by atoms with Gasteiger partial charge >= 0.3 is 5.97 Å². The largest absolute Gasteiger partial charge is 0.481 e. The average Bonchev–Trinajstić information content (AvgIpc) is 2.76. The molecular formula is C13H21NO3. The number of carboxylic acid groups (broad SMARTS) is 1. The van der Waals surface area contributed by atoms with E-state index in [2.05, 4.69) is 0 Å². The van der Waals surface area contributed by atoms with Gasteiger partial charge in [0.25, 0.3) is 0 Å². The number of carboxylic acids is 1. The first-order valence-corrected chi connectivity index (χ1v) is 6.57. The lowest BCUT2D eigenvalue weighted by atomic mass is 9.78. The van der Waals surface area contributed by atoms with Crippen molar-refractivity contribution in [2.45, 2.75) is 51.0 Å². The maximum absolute atomic E-state index is 11.8. The van der Waals surface area contributed by atoms with Gasteiger partial charge in [-0.2, -0.15) is 0 Å². The minimum Gasteiger partial charge on any atom is -0.481 e. The summed E-state index contributed by atoms with van der Waals surface area (Å²) in [6, 6.07) is 0.162. The number of likely N-dealkylation sites (tertiary alicyclic amines) is 1. The first-order valence-electron chi connectivity index (χ1n) is 6.57. The van der Waals surface area contributed by atoms with E-state index in [-0.39, 0.29) is 24.3 Å². The molecule has 17 heavy (non-hydrogen) atoms. The Morgan fingerprint density at radius 2 is 2.00 bits per heavy atom. The summed E-state index contributed by atoms with van der Waals surface area (Å²) in [5, 5.41) is 8.98. The summed E-state index contributed by atoms with van der Waals surface area (Å²) in [7, 11) is 1.85. The second-order valence-corrected chi connectivity index (χ2v) is 5.44. The Kier molecular flexibility index (Phi) is 3.69. The molecule has 1 saturated carbocycles. The average molecular weight is 239 g/mol. The number of hydrogen-bond acceptors (Lipinski definition) is 2. The second kappa shape index (κ2) is 5.07. The molecule has 0 aromatic carbocycles. The number of rotatable bonds is 3. The van der Waals surface area contributed by atoms with Gasteiger partial charge in [0.15, 0.2) is 0 Å². The predicted molar refractivity (Wildman–Crippen MR) is 63.5 cm³/mol. The van der Waals surface area contributed by atoms with Gasteiger partial charge in [-0.3, -0.25) is 9.59 Å². The zero-order valence-electron chi connectivity index (χ0n) is 10.4. The predicted octanol–water partition coefficient (Wildman–Crippen LogP) is 1.89. The van der Waals surface area contributed by atoms with Crippen LogP contribution >= 0.6 is 0 Å². The van der Waals surface area contributed by atoms with Gasteiger partial charge in [-0.15, -0.1) is 0 Å². The smallest absolute Gasteiger partial charge is 0.303 e. The summed E-state index contributed by atoms with van der Waals surface area (Å²) >= 11 is 0. The quantitative estimate of drug-likeness (QED) is 0.818. The summed E-state index contributed by atoms with van der Waals surface area (Å²) in [6.45, 7) is 0. The van der Waals surface area contributed by atoms with Gasteiger partial charge in [-0.05, 0) is 31.1 Å². The van der Waals surface area contributed by atoms with E-state index in [0.29, 0.717) is 12.3 Å². The fraction of sp³-hybridized carbons (Fsp3) is 0.846. The van der Waals surface area contributed by atoms with Crippen LogP contribution in [0.3, 0.4) is 0 Å². The van der Waals surface area contributed by atoms with Crippen LogP contribution in [0.5, 0.6) is 0 Å². The van der Waals surface area contributed by atoms with Crippen molar-refractivity contribution in [3.8, 4) is 0 Å². The minimum atomic E-state index is -0.735. The standard InChI is InChI=1S/C13H21NO3/c1-14-11(15)7-6-10(8-12(16)17)13(14)9-4-2-3-5-9/h9-10,13H,2-8H2,1H3,(H,16,17)/t10-,13-/m1/s1. The Balaban J connectivity index is 2.12. The minimum absolute atomic E-state index is 0.151. The lowest BCUT2D eigenvalue weighted by Crippen LogP contribution is -2.50. The van der Waals surface area contributed by atoms with E-state index < -0.39 is 5.97 Å². The molecule has 1 saturated heterocycles. The molecule has 0 unspecified atom stereocenters. The van der Waals surface area contributed by atoms with Crippen molar-refractivity contribution in [1.82, 2.24) is 4.90 Å². The molecule has 0 radical (unpaired) electrons. The molecular weight excluding hydrogens is 218 g/mol. The van der Waals surface area contributed by atoms with Gasteiger partial charge < -0.3 is 10.0 Å². The first-order chi connectivity index (χ1) is 8.09. The Morgan fingerprint density at radius 3 is 2.59 bits per heavy atom. The van der Waals surface area contributed by atoms with Crippen molar-refractivity contribution in [2.75, 3.05) is 7.05 Å². The molecule has 2 fully saturated rings. The van der Waals surface area contributed by atoms with Crippen molar-refractivity contribution in [3.63, 3.8) is 0 Å². The van der Waals surface area contributed by atoms with Gasteiger partial charge in [0.1, 0.15) is 0 Å². The molecule has 1 aliphatic heterocycles. The molecule has 4 heteroatoms. The van der Waals surface area contributed by atoms with Gasteiger partial charge in [0.05, 0.1) is 6.42 Å². The first kappa shape index (κ1) is 12.4. The molecule has 1 heterocycles. The van der Waals surface area contributed by atoms with E-state index in [1.807, 2.05) is 11.9 Å². The lowest BCUT2D eigenvalue weighted by molar-refractivity contribution is -0.145. The highest BCUT2D eigenvalue weighted by Gasteiger charge is 2.40. The van der Waals surface area contributed by atoms with E-state index in [1.54, 1.807) is 0 Å². The molecule has 4 nitrogen and oxygen atoms in total. The number of carbonyl (C=O) groups is 2. The molecule has 2 rings (SSSR count). The Morgan fingerprint density at radius 1 is 1.35 bits per heavy atom. The molecule has 0 aromatic rings. The molecule has 0 spiro atoms. The van der Waals surface area contributed by atoms with Crippen LogP contribution in [0.15, 0.2) is 0 Å². The van der Waals surface area contributed by atoms with E-state index in [0.717, 1.165) is 19.3 Å². The fourth-order valence-electron chi connectivity index (χ4n) is 3.59. The number of aliphatic carboxylic acids is 1. The third kappa shape index (κ3) is 2.61. The van der Waals surface area contributed by atoms with Gasteiger partial charge in [-0.25, -0.2) is 0 Å². The van der Waals surface area contributed by atoms with Crippen molar-refractivity contribution in [2.24, 2.45) is 11.8 Å². The van der Waals surface area contributed by atoms with Crippen molar-refractivity contribution < 1.29 is 14.7 Å². The van der Waals surface area contributed by atoms with Crippen molar-refractivity contribution >= 4 is 11.9 Å². The summed E-state index contributed by atoms with van der Waals surface area (Å²) in [5.41, 5.74) is 0. The number of amides is 1. The summed E-state index contributed by atoms with van der Waals surface area (Å²) in [6.07, 6.45) is 6.22. The molecule has 2 atom stereocenters. The zero-order chi connectivity index (χ0) is 12.4. The monoisotopic (exact) mass is 239 g/mol. The fourth-order valence-corrected chi connectivity index (χ4v) is 3.59. The zero-order valence-corrected chi connectivity index (χ0v) is 10.4. The van der Waals surface area contributed by atoms with Crippen LogP contribution < -0.4 is 0 Å². The summed E-state index contributed by atoms with van der Waals surface area (Å²) in [4.78, 5) is 24.5. The SMILES string of the molecule is CN1C(=O)CC[C@H](CC(=O)O)[C@H]1C1CCCC1. The number of carbonyl (C=O) groups excluding carboxylic acids is 1. The van der Waals surface area contributed by atoms with E-state index in [9.17, 15) is 9.59 Å². The molecule has 0 bridgehead atoms. The van der Waals surface area contributed by atoms with E-state index in [4.69, 9.17) is 5.11 Å². The van der Waals surface area contributed by atoms with Crippen molar-refractivity contribution in [1.29, 1.82) is 0 Å². The third-order valence-corrected chi connectivity index (χ3v) is 4.37. The van der Waals surface area contributed by atoms with Crippen molar-refractivity contribution in [3.05, 3.63) is 0 Å². The highest BCUT2D eigenvalue weighted by Crippen LogP contribution is 2.38. The summed E-state index contributed by atoms with van der Waals surface area (Å²) in [5.74, 6) is 0.121. The third-order valence-electron chi connectivity index (χ3n) is 4.37. The molecule has 1 amide bonds. The van der Waals surface area contributed by atoms with Crippen LogP contribution in [0.2, 0.25) is 0 Å². The Bertz CT molecular complexity index is 310. The Labute approximate surface area is 102 Å². The van der Waals surface area contributed by atoms with Gasteiger partial charge in [0.2, 0.25) is 5.91 Å². The highest BCUT2D eigenvalue weighted by atomic mass is 16.4. The van der Waals surface area contributed by atoms with Gasteiger partial charge in [-0.1, -0.05) is 12.8 Å². The van der Waals surface area contributed by atoms with Crippen LogP contribution in [0.1, 0.15) is 44.9 Å². The normalized spacial score (nSPS) is 30.9. The van der Waals surface area contributed by atoms with E-state index in [1.165, 1.54) is 12.8 Å². The molecule has 1 N–H and O–H groups in total. The van der Waals surface area contributed by atoms with Crippen LogP contribution in [0.4, 0.5) is 0 Å². The number of piperidine rings is 1. The van der Waals surface area contributed by atoms with E-state index >= 15 is 0 Å². The Hall–Kier alpha value is -1.06. The maximum atomic E-state index is 11.8. The second-order valence-electron chi connectivity index (χ2n) is 5.44. The van der Waals surface area contributed by atoms with Gasteiger partial charge in [0, 0.05) is 19.5 Å². The number of hydrogen-bond donors (Lipinski definition) is 1. The lowest BCUT2D eigenvalue weighted by Gasteiger charge is -2.42. The maximum Gasteiger partial charge on any atom is 0.303 e. The van der Waals surface area contributed by atoms with Crippen LogP contribution in [0, 0.1) is 11.8 Å². The molecule has 2 aliphatic rings. The summed E-state index contributed by atoms with van der Waals surface area (Å²) < 4.78 is 0. The highest BCUT2D eigenvalue weighted by molar-refractivity contribution is 5.77. The molecule has 0 aromatic heterocycles. The van der Waals surface area contributed by atoms with Crippen LogP contribution in [-0.4, -0.2) is 35.0 Å². The molecule has 1 aliphatic carbocycles. The number of nitrogens with zero attached hydrogens (tertiary/aromatic N) is 1. The molecule has 96 valence electrons. The topological polar surface area (TPSA) is 57.6 Å². The van der Waals surface area contributed by atoms with Crippen LogP contribution in [0.25, 0.3) is 0 Å².